The maximum absolute atomic E-state index is 11.5. The second kappa shape index (κ2) is 4.85. The fourth-order valence-corrected chi connectivity index (χ4v) is 2.40. The van der Waals surface area contributed by atoms with E-state index in [1.807, 2.05) is 6.92 Å². The van der Waals surface area contributed by atoms with Crippen LogP contribution < -0.4 is 0 Å². The first-order valence-corrected chi connectivity index (χ1v) is 7.45. The molecule has 0 atom stereocenters. The summed E-state index contributed by atoms with van der Waals surface area (Å²) in [5, 5.41) is 2.56. The highest BCUT2D eigenvalue weighted by atomic mass is 32.2. The molecule has 0 aliphatic heterocycles. The lowest BCUT2D eigenvalue weighted by Crippen LogP contribution is -2.06. The number of aromatic nitrogens is 1. The number of hydrogen-bond acceptors (Lipinski definition) is 5. The zero-order valence-electron chi connectivity index (χ0n) is 8.69. The third-order valence-electron chi connectivity index (χ3n) is 1.82. The van der Waals surface area contributed by atoms with Crippen LogP contribution in [-0.2, 0) is 9.84 Å². The number of aryl methyl sites for hydroxylation is 1. The summed E-state index contributed by atoms with van der Waals surface area (Å²) >= 11 is 1.42. The van der Waals surface area contributed by atoms with Crippen molar-refractivity contribution in [1.82, 2.24) is 4.98 Å². The Bertz CT molecular complexity index is 448. The number of nitrogens with zero attached hydrogens (tertiary/aromatic N) is 1. The summed E-state index contributed by atoms with van der Waals surface area (Å²) in [7, 11) is -2.97. The minimum absolute atomic E-state index is 0.0574. The molecule has 1 aromatic heterocycles. The molecule has 15 heavy (non-hydrogen) atoms. The highest BCUT2D eigenvalue weighted by Crippen LogP contribution is 2.11. The van der Waals surface area contributed by atoms with Crippen LogP contribution in [-0.4, -0.2) is 31.2 Å². The van der Waals surface area contributed by atoms with Crippen LogP contribution in [0.2, 0.25) is 0 Å². The number of carbonyl (C=O) groups excluding carboxylic acids is 1. The largest absolute Gasteiger partial charge is 0.292 e. The molecule has 6 heteroatoms. The van der Waals surface area contributed by atoms with E-state index in [-0.39, 0.29) is 18.0 Å². The molecule has 0 amide bonds. The van der Waals surface area contributed by atoms with Gasteiger partial charge in [0.15, 0.2) is 5.78 Å². The number of sulfone groups is 1. The molecule has 1 heterocycles. The van der Waals surface area contributed by atoms with Gasteiger partial charge in [0, 0.05) is 18.1 Å². The molecule has 1 aromatic rings. The monoisotopic (exact) mass is 247 g/mol. The Kier molecular flexibility index (Phi) is 3.98. The van der Waals surface area contributed by atoms with Crippen molar-refractivity contribution < 1.29 is 13.2 Å². The van der Waals surface area contributed by atoms with Gasteiger partial charge in [-0.3, -0.25) is 4.79 Å². The third-order valence-corrected chi connectivity index (χ3v) is 3.63. The summed E-state index contributed by atoms with van der Waals surface area (Å²) in [5.41, 5.74) is 0.450. The van der Waals surface area contributed by atoms with Gasteiger partial charge in [-0.25, -0.2) is 13.4 Å². The van der Waals surface area contributed by atoms with Crippen LogP contribution in [0.25, 0.3) is 0 Å². The van der Waals surface area contributed by atoms with Gasteiger partial charge in [-0.2, -0.15) is 0 Å². The minimum Gasteiger partial charge on any atom is -0.292 e. The van der Waals surface area contributed by atoms with Crippen molar-refractivity contribution in [2.75, 3.05) is 12.0 Å². The Morgan fingerprint density at radius 1 is 1.53 bits per heavy atom. The highest BCUT2D eigenvalue weighted by molar-refractivity contribution is 7.90. The van der Waals surface area contributed by atoms with Crippen LogP contribution >= 0.6 is 11.3 Å². The molecule has 0 aliphatic rings. The topological polar surface area (TPSA) is 64.1 Å². The van der Waals surface area contributed by atoms with E-state index >= 15 is 0 Å². The van der Waals surface area contributed by atoms with E-state index in [2.05, 4.69) is 4.98 Å². The highest BCUT2D eigenvalue weighted by Gasteiger charge is 2.10. The first-order valence-electron chi connectivity index (χ1n) is 4.51. The van der Waals surface area contributed by atoms with Crippen LogP contribution in [0.3, 0.4) is 0 Å². The van der Waals surface area contributed by atoms with Gasteiger partial charge in [0.25, 0.3) is 0 Å². The molecule has 0 aliphatic carbocycles. The van der Waals surface area contributed by atoms with E-state index in [1.54, 1.807) is 5.38 Å². The van der Waals surface area contributed by atoms with Crippen LogP contribution in [0.15, 0.2) is 5.38 Å². The average Bonchev–Trinajstić information content (AvgIpc) is 2.49. The summed E-state index contributed by atoms with van der Waals surface area (Å²) in [6.45, 7) is 1.83. The molecule has 0 radical (unpaired) electrons. The van der Waals surface area contributed by atoms with Crippen LogP contribution in [0, 0.1) is 6.92 Å². The first kappa shape index (κ1) is 12.3. The van der Waals surface area contributed by atoms with Crippen molar-refractivity contribution in [3.05, 3.63) is 16.1 Å². The number of thiazole rings is 1. The predicted octanol–water partition coefficient (Wildman–Crippen LogP) is 1.46. The van der Waals surface area contributed by atoms with Crippen molar-refractivity contribution >= 4 is 27.0 Å². The quantitative estimate of drug-likeness (QED) is 0.739. The Labute approximate surface area is 93.3 Å². The molecule has 0 bridgehead atoms. The Morgan fingerprint density at radius 2 is 2.20 bits per heavy atom. The lowest BCUT2D eigenvalue weighted by atomic mass is 10.2. The van der Waals surface area contributed by atoms with Gasteiger partial charge in [0.05, 0.1) is 10.8 Å². The molecule has 0 saturated carbocycles. The number of ketones is 1. The van der Waals surface area contributed by atoms with Crippen molar-refractivity contribution in [3.63, 3.8) is 0 Å². The second-order valence-corrected chi connectivity index (χ2v) is 6.73. The van der Waals surface area contributed by atoms with Gasteiger partial charge in [-0.1, -0.05) is 0 Å². The maximum Gasteiger partial charge on any atom is 0.182 e. The first-order chi connectivity index (χ1) is 6.88. The van der Waals surface area contributed by atoms with Gasteiger partial charge >= 0.3 is 0 Å². The SMILES string of the molecule is Cc1nc(C(=O)CCCS(C)(=O)=O)cs1. The molecule has 0 fully saturated rings. The van der Waals surface area contributed by atoms with Crippen LogP contribution in [0.4, 0.5) is 0 Å². The van der Waals surface area contributed by atoms with Crippen LogP contribution in [0.1, 0.15) is 28.3 Å². The van der Waals surface area contributed by atoms with Crippen molar-refractivity contribution in [1.29, 1.82) is 0 Å². The minimum atomic E-state index is -2.97. The molecule has 0 unspecified atom stereocenters. The van der Waals surface area contributed by atoms with Gasteiger partial charge in [0.1, 0.15) is 15.5 Å². The molecule has 0 saturated heterocycles. The molecule has 0 spiro atoms. The second-order valence-electron chi connectivity index (χ2n) is 3.41. The van der Waals surface area contributed by atoms with Gasteiger partial charge < -0.3 is 0 Å². The lowest BCUT2D eigenvalue weighted by Gasteiger charge is -1.97. The number of Topliss-reactive ketones (excluding diaryl/α,β-unsaturated/α-hetero) is 1. The van der Waals surface area contributed by atoms with Gasteiger partial charge in [-0.05, 0) is 13.3 Å². The average molecular weight is 247 g/mol. The number of hydrogen-bond donors (Lipinski definition) is 0. The zero-order valence-corrected chi connectivity index (χ0v) is 10.3. The molecule has 4 nitrogen and oxygen atoms in total. The zero-order chi connectivity index (χ0) is 11.5. The number of carbonyl (C=O) groups is 1. The Balaban J connectivity index is 2.44. The molecule has 0 aromatic carbocycles. The third kappa shape index (κ3) is 4.53. The summed E-state index contributed by atoms with van der Waals surface area (Å²) in [4.78, 5) is 15.5. The Morgan fingerprint density at radius 3 is 2.67 bits per heavy atom. The van der Waals surface area contributed by atoms with Gasteiger partial charge in [0.2, 0.25) is 0 Å². The predicted molar refractivity (Wildman–Crippen MR) is 60.1 cm³/mol. The van der Waals surface area contributed by atoms with Crippen molar-refractivity contribution in [3.8, 4) is 0 Å². The lowest BCUT2D eigenvalue weighted by molar-refractivity contribution is 0.0978. The standard InChI is InChI=1S/C9H13NO3S2/c1-7-10-8(6-14-7)9(11)4-3-5-15(2,12)13/h6H,3-5H2,1-2H3. The summed E-state index contributed by atoms with van der Waals surface area (Å²) in [6, 6.07) is 0. The van der Waals surface area contributed by atoms with Gasteiger partial charge in [-0.15, -0.1) is 11.3 Å². The van der Waals surface area contributed by atoms with Crippen LogP contribution in [0.5, 0.6) is 0 Å². The van der Waals surface area contributed by atoms with E-state index < -0.39 is 9.84 Å². The maximum atomic E-state index is 11.5. The summed E-state index contributed by atoms with van der Waals surface area (Å²) in [5.74, 6) is -0.0232. The Hall–Kier alpha value is -0.750. The fourth-order valence-electron chi connectivity index (χ4n) is 1.11. The van der Waals surface area contributed by atoms with E-state index in [1.165, 1.54) is 17.6 Å². The molecular weight excluding hydrogens is 234 g/mol. The molecule has 1 rings (SSSR count). The van der Waals surface area contributed by atoms with E-state index in [4.69, 9.17) is 0 Å². The summed E-state index contributed by atoms with van der Waals surface area (Å²) in [6.07, 6.45) is 1.79. The van der Waals surface area contributed by atoms with E-state index in [9.17, 15) is 13.2 Å². The molecule has 84 valence electrons. The van der Waals surface area contributed by atoms with E-state index in [0.29, 0.717) is 12.1 Å². The normalized spacial score (nSPS) is 11.6. The summed E-state index contributed by atoms with van der Waals surface area (Å²) < 4.78 is 21.7. The molecule has 0 N–H and O–H groups in total. The smallest absolute Gasteiger partial charge is 0.182 e. The molecular formula is C9H13NO3S2. The van der Waals surface area contributed by atoms with Crippen molar-refractivity contribution in [2.45, 2.75) is 19.8 Å². The van der Waals surface area contributed by atoms with E-state index in [0.717, 1.165) is 5.01 Å². The number of rotatable bonds is 5. The fraction of sp³-hybridized carbons (Fsp3) is 0.556. The van der Waals surface area contributed by atoms with Crippen molar-refractivity contribution in [2.24, 2.45) is 0 Å².